The van der Waals surface area contributed by atoms with Crippen molar-refractivity contribution in [2.75, 3.05) is 12.0 Å². The molecule has 1 heterocycles. The molecule has 2 rings (SSSR count). The number of piperidine rings is 1. The van der Waals surface area contributed by atoms with Crippen LogP contribution in [0.15, 0.2) is 24.3 Å². The topological polar surface area (TPSA) is 58.4 Å². The van der Waals surface area contributed by atoms with E-state index in [1.54, 1.807) is 0 Å². The molecule has 0 aromatic heterocycles. The molecular weight excluding hydrogens is 226 g/mol. The van der Waals surface area contributed by atoms with E-state index < -0.39 is 0 Å². The summed E-state index contributed by atoms with van der Waals surface area (Å²) in [7, 11) is 0. The van der Waals surface area contributed by atoms with E-state index in [9.17, 15) is 4.79 Å². The molecule has 1 aliphatic rings. The zero-order valence-corrected chi connectivity index (χ0v) is 11.0. The average molecular weight is 247 g/mol. The zero-order valence-electron chi connectivity index (χ0n) is 11.0. The monoisotopic (exact) mass is 247 g/mol. The third kappa shape index (κ3) is 2.48. The lowest BCUT2D eigenvalue weighted by atomic mass is 9.93. The first-order valence-electron chi connectivity index (χ1n) is 6.50. The molecular formula is C14H21N3O. The van der Waals surface area contributed by atoms with Crippen LogP contribution in [0.5, 0.6) is 0 Å². The van der Waals surface area contributed by atoms with E-state index in [0.717, 1.165) is 19.4 Å². The first kappa shape index (κ1) is 12.9. The second-order valence-electron chi connectivity index (χ2n) is 5.17. The number of nitrogens with one attached hydrogen (secondary N) is 1. The third-order valence-electron chi connectivity index (χ3n) is 3.71. The van der Waals surface area contributed by atoms with Crippen molar-refractivity contribution in [2.45, 2.75) is 32.7 Å². The number of amides is 1. The Morgan fingerprint density at radius 1 is 1.39 bits per heavy atom. The van der Waals surface area contributed by atoms with Crippen LogP contribution in [0.25, 0.3) is 0 Å². The van der Waals surface area contributed by atoms with Gasteiger partial charge in [-0.3, -0.25) is 10.6 Å². The lowest BCUT2D eigenvalue weighted by Gasteiger charge is -2.36. The van der Waals surface area contributed by atoms with E-state index in [-0.39, 0.29) is 5.91 Å². The molecule has 1 aliphatic heterocycles. The number of anilines is 1. The minimum atomic E-state index is 0.0722. The Hall–Kier alpha value is -1.55. The van der Waals surface area contributed by atoms with Gasteiger partial charge in [0.25, 0.3) is 5.91 Å². The summed E-state index contributed by atoms with van der Waals surface area (Å²) < 4.78 is 0. The summed E-state index contributed by atoms with van der Waals surface area (Å²) in [6.07, 6.45) is 2.15. The van der Waals surface area contributed by atoms with Crippen LogP contribution in [0.3, 0.4) is 0 Å². The van der Waals surface area contributed by atoms with Gasteiger partial charge in [-0.15, -0.1) is 0 Å². The van der Waals surface area contributed by atoms with E-state index in [1.165, 1.54) is 0 Å². The fourth-order valence-corrected chi connectivity index (χ4v) is 2.66. The molecule has 4 heteroatoms. The molecule has 1 saturated heterocycles. The van der Waals surface area contributed by atoms with E-state index in [2.05, 4.69) is 19.3 Å². The predicted molar refractivity (Wildman–Crippen MR) is 73.1 cm³/mol. The van der Waals surface area contributed by atoms with Gasteiger partial charge in [0.05, 0.1) is 11.3 Å². The van der Waals surface area contributed by atoms with Gasteiger partial charge in [0.2, 0.25) is 0 Å². The number of hydrogen-bond acceptors (Lipinski definition) is 3. The average Bonchev–Trinajstić information content (AvgIpc) is 2.38. The lowest BCUT2D eigenvalue weighted by Crippen LogP contribution is -2.44. The van der Waals surface area contributed by atoms with E-state index in [1.807, 2.05) is 29.2 Å². The van der Waals surface area contributed by atoms with Crippen molar-refractivity contribution in [3.8, 4) is 0 Å². The summed E-state index contributed by atoms with van der Waals surface area (Å²) >= 11 is 0. The van der Waals surface area contributed by atoms with Crippen LogP contribution < -0.4 is 11.3 Å². The number of nitrogens with two attached hydrogens (primary N) is 1. The zero-order chi connectivity index (χ0) is 13.1. The molecule has 1 aromatic carbocycles. The van der Waals surface area contributed by atoms with Gasteiger partial charge < -0.3 is 10.3 Å². The largest absolute Gasteiger partial charge is 0.336 e. The molecule has 18 heavy (non-hydrogen) atoms. The highest BCUT2D eigenvalue weighted by atomic mass is 16.2. The predicted octanol–water partition coefficient (Wildman–Crippen LogP) is 2.23. The van der Waals surface area contributed by atoms with Crippen LogP contribution >= 0.6 is 0 Å². The van der Waals surface area contributed by atoms with Crippen LogP contribution in [0.2, 0.25) is 0 Å². The number of benzene rings is 1. The van der Waals surface area contributed by atoms with Crippen molar-refractivity contribution >= 4 is 11.6 Å². The summed E-state index contributed by atoms with van der Waals surface area (Å²) in [6, 6.07) is 7.68. The van der Waals surface area contributed by atoms with E-state index in [0.29, 0.717) is 23.2 Å². The number of carbonyl (C=O) groups is 1. The van der Waals surface area contributed by atoms with Gasteiger partial charge in [-0.05, 0) is 37.8 Å². The molecule has 0 aliphatic carbocycles. The van der Waals surface area contributed by atoms with Crippen LogP contribution in [-0.2, 0) is 0 Å². The second-order valence-corrected chi connectivity index (χ2v) is 5.17. The van der Waals surface area contributed by atoms with Crippen LogP contribution in [0.4, 0.5) is 5.69 Å². The van der Waals surface area contributed by atoms with Gasteiger partial charge in [-0.25, -0.2) is 0 Å². The van der Waals surface area contributed by atoms with E-state index >= 15 is 0 Å². The normalized spacial score (nSPS) is 23.8. The lowest BCUT2D eigenvalue weighted by molar-refractivity contribution is 0.0589. The highest BCUT2D eigenvalue weighted by Crippen LogP contribution is 2.25. The Labute approximate surface area is 108 Å². The molecule has 0 saturated carbocycles. The number of likely N-dealkylation sites (tertiary alicyclic amines) is 1. The highest BCUT2D eigenvalue weighted by Gasteiger charge is 2.28. The van der Waals surface area contributed by atoms with Gasteiger partial charge in [-0.2, -0.15) is 0 Å². The van der Waals surface area contributed by atoms with Crippen molar-refractivity contribution < 1.29 is 4.79 Å². The van der Waals surface area contributed by atoms with Gasteiger partial charge in [0.15, 0.2) is 0 Å². The smallest absolute Gasteiger partial charge is 0.256 e. The number of hydrogen-bond donors (Lipinski definition) is 2. The van der Waals surface area contributed by atoms with Crippen LogP contribution in [0.1, 0.15) is 37.0 Å². The summed E-state index contributed by atoms with van der Waals surface area (Å²) in [5.74, 6) is 6.23. The molecule has 2 unspecified atom stereocenters. The Morgan fingerprint density at radius 2 is 2.11 bits per heavy atom. The summed E-state index contributed by atoms with van der Waals surface area (Å²) in [6.45, 7) is 5.19. The van der Waals surface area contributed by atoms with Crippen LogP contribution in [0, 0.1) is 5.92 Å². The van der Waals surface area contributed by atoms with Crippen molar-refractivity contribution in [1.82, 2.24) is 4.90 Å². The summed E-state index contributed by atoms with van der Waals surface area (Å²) in [5, 5.41) is 0. The van der Waals surface area contributed by atoms with Gasteiger partial charge in [-0.1, -0.05) is 19.1 Å². The maximum atomic E-state index is 12.5. The molecule has 1 aromatic rings. The first-order valence-corrected chi connectivity index (χ1v) is 6.50. The maximum absolute atomic E-state index is 12.5. The van der Waals surface area contributed by atoms with Crippen molar-refractivity contribution in [3.63, 3.8) is 0 Å². The number of hydrazine groups is 1. The molecule has 0 radical (unpaired) electrons. The van der Waals surface area contributed by atoms with Crippen LogP contribution in [-0.4, -0.2) is 23.4 Å². The number of carbonyl (C=O) groups excluding carboxylic acids is 1. The van der Waals surface area contributed by atoms with Gasteiger partial charge in [0, 0.05) is 12.6 Å². The minimum Gasteiger partial charge on any atom is -0.336 e. The highest BCUT2D eigenvalue weighted by molar-refractivity contribution is 5.99. The molecule has 0 spiro atoms. The van der Waals surface area contributed by atoms with Crippen molar-refractivity contribution in [1.29, 1.82) is 0 Å². The maximum Gasteiger partial charge on any atom is 0.256 e. The number of nitrogen functional groups attached to an aromatic ring is 1. The molecule has 3 N–H and O–H groups in total. The Morgan fingerprint density at radius 3 is 2.78 bits per heavy atom. The second kappa shape index (κ2) is 5.40. The summed E-state index contributed by atoms with van der Waals surface area (Å²) in [4.78, 5) is 14.5. The fraction of sp³-hybridized carbons (Fsp3) is 0.500. The molecule has 98 valence electrons. The molecule has 2 atom stereocenters. The molecule has 4 nitrogen and oxygen atoms in total. The molecule has 1 amide bonds. The fourth-order valence-electron chi connectivity index (χ4n) is 2.66. The SMILES string of the molecule is CC1CCN(C(=O)c2ccccc2NN)C(C)C1. The third-order valence-corrected chi connectivity index (χ3v) is 3.71. The number of rotatable bonds is 2. The number of para-hydroxylation sites is 1. The molecule has 1 fully saturated rings. The first-order chi connectivity index (χ1) is 8.63. The summed E-state index contributed by atoms with van der Waals surface area (Å²) in [5.41, 5.74) is 3.93. The molecule has 0 bridgehead atoms. The number of nitrogens with zero attached hydrogens (tertiary/aromatic N) is 1. The van der Waals surface area contributed by atoms with E-state index in [4.69, 9.17) is 5.84 Å². The van der Waals surface area contributed by atoms with Gasteiger partial charge >= 0.3 is 0 Å². The quantitative estimate of drug-likeness (QED) is 0.622. The Bertz CT molecular complexity index is 433. The Kier molecular flexibility index (Phi) is 3.87. The minimum absolute atomic E-state index is 0.0722. The van der Waals surface area contributed by atoms with Gasteiger partial charge in [0.1, 0.15) is 0 Å². The van der Waals surface area contributed by atoms with Crippen molar-refractivity contribution in [2.24, 2.45) is 11.8 Å². The Balaban J connectivity index is 2.20. The van der Waals surface area contributed by atoms with Crippen molar-refractivity contribution in [3.05, 3.63) is 29.8 Å². The standard InChI is InChI=1S/C14H21N3O/c1-10-7-8-17(11(2)9-10)14(18)12-5-3-4-6-13(12)16-15/h3-6,10-11,16H,7-9,15H2,1-2H3.